The van der Waals surface area contributed by atoms with Gasteiger partial charge in [-0.2, -0.15) is 0 Å². The fourth-order valence-corrected chi connectivity index (χ4v) is 2.35. The number of aliphatic hydroxyl groups excluding tert-OH is 1. The van der Waals surface area contributed by atoms with Gasteiger partial charge in [-0.25, -0.2) is 4.98 Å². The number of ether oxygens (including phenoxy) is 1. The van der Waals surface area contributed by atoms with Crippen molar-refractivity contribution in [2.75, 3.05) is 18.1 Å². The zero-order valence-corrected chi connectivity index (χ0v) is 11.5. The monoisotopic (exact) mass is 270 g/mol. The van der Waals surface area contributed by atoms with E-state index in [0.717, 1.165) is 30.2 Å². The summed E-state index contributed by atoms with van der Waals surface area (Å²) >= 11 is 0. The second-order valence-electron chi connectivity index (χ2n) is 5.00. The Hall–Kier alpha value is -2.07. The van der Waals surface area contributed by atoms with Gasteiger partial charge in [0.2, 0.25) is 0 Å². The van der Waals surface area contributed by atoms with Crippen LogP contribution >= 0.6 is 0 Å². The van der Waals surface area contributed by atoms with Gasteiger partial charge in [-0.3, -0.25) is 0 Å². The first-order valence-corrected chi connectivity index (χ1v) is 6.84. The molecule has 1 unspecified atom stereocenters. The third-order valence-corrected chi connectivity index (χ3v) is 3.53. The molecule has 2 heterocycles. The summed E-state index contributed by atoms with van der Waals surface area (Å²) in [4.78, 5) is 6.64. The molecule has 20 heavy (non-hydrogen) atoms. The lowest BCUT2D eigenvalue weighted by Gasteiger charge is -2.21. The molecule has 0 bridgehead atoms. The van der Waals surface area contributed by atoms with E-state index in [1.807, 2.05) is 30.3 Å². The minimum absolute atomic E-state index is 0.482. The molecule has 1 aliphatic heterocycles. The highest BCUT2D eigenvalue weighted by Gasteiger charge is 2.16. The van der Waals surface area contributed by atoms with E-state index in [1.165, 1.54) is 5.56 Å². The topological polar surface area (TPSA) is 45.6 Å². The van der Waals surface area contributed by atoms with Crippen molar-refractivity contribution in [1.82, 2.24) is 4.98 Å². The van der Waals surface area contributed by atoms with Gasteiger partial charge < -0.3 is 14.7 Å². The summed E-state index contributed by atoms with van der Waals surface area (Å²) in [6.07, 6.45) is 1.25. The molecule has 1 aromatic heterocycles. The Morgan fingerprint density at radius 3 is 2.85 bits per heavy atom. The third kappa shape index (κ3) is 2.60. The molecule has 1 aromatic carbocycles. The molecule has 1 N–H and O–H groups in total. The van der Waals surface area contributed by atoms with Crippen molar-refractivity contribution in [3.63, 3.8) is 0 Å². The zero-order chi connectivity index (χ0) is 13.9. The van der Waals surface area contributed by atoms with Crippen molar-refractivity contribution in [2.24, 2.45) is 0 Å². The Morgan fingerprint density at radius 2 is 2.10 bits per heavy atom. The maximum atomic E-state index is 9.53. The SMILES string of the molecule is CC(O)c1ccc(N2CCOc3ccccc3C2)nc1. The minimum atomic E-state index is -0.482. The van der Waals surface area contributed by atoms with Crippen molar-refractivity contribution >= 4 is 5.82 Å². The van der Waals surface area contributed by atoms with Gasteiger partial charge >= 0.3 is 0 Å². The Kier molecular flexibility index (Phi) is 3.56. The van der Waals surface area contributed by atoms with Crippen LogP contribution in [-0.2, 0) is 6.54 Å². The minimum Gasteiger partial charge on any atom is -0.491 e. The first-order chi connectivity index (χ1) is 9.74. The van der Waals surface area contributed by atoms with Crippen LogP contribution in [0.1, 0.15) is 24.2 Å². The summed E-state index contributed by atoms with van der Waals surface area (Å²) in [5, 5.41) is 9.53. The molecule has 1 atom stereocenters. The maximum absolute atomic E-state index is 9.53. The number of aliphatic hydroxyl groups is 1. The number of anilines is 1. The number of hydrogen-bond donors (Lipinski definition) is 1. The van der Waals surface area contributed by atoms with Gasteiger partial charge in [0.1, 0.15) is 18.2 Å². The highest BCUT2D eigenvalue weighted by molar-refractivity contribution is 5.44. The third-order valence-electron chi connectivity index (χ3n) is 3.53. The second kappa shape index (κ2) is 5.51. The van der Waals surface area contributed by atoms with Crippen LogP contribution in [-0.4, -0.2) is 23.2 Å². The second-order valence-corrected chi connectivity index (χ2v) is 5.00. The number of para-hydroxylation sites is 1. The molecule has 2 aromatic rings. The molecule has 3 rings (SSSR count). The van der Waals surface area contributed by atoms with E-state index in [-0.39, 0.29) is 0 Å². The largest absolute Gasteiger partial charge is 0.491 e. The van der Waals surface area contributed by atoms with E-state index in [2.05, 4.69) is 16.0 Å². The Bertz CT molecular complexity index is 581. The van der Waals surface area contributed by atoms with E-state index in [9.17, 15) is 5.11 Å². The van der Waals surface area contributed by atoms with Gasteiger partial charge in [-0.05, 0) is 24.6 Å². The van der Waals surface area contributed by atoms with Gasteiger partial charge in [0.05, 0.1) is 12.6 Å². The fraction of sp³-hybridized carbons (Fsp3) is 0.312. The van der Waals surface area contributed by atoms with Crippen LogP contribution in [0.2, 0.25) is 0 Å². The van der Waals surface area contributed by atoms with Gasteiger partial charge in [-0.15, -0.1) is 0 Å². The van der Waals surface area contributed by atoms with Crippen molar-refractivity contribution in [1.29, 1.82) is 0 Å². The molecule has 0 amide bonds. The van der Waals surface area contributed by atoms with Crippen LogP contribution in [0.15, 0.2) is 42.6 Å². The Morgan fingerprint density at radius 1 is 1.25 bits per heavy atom. The quantitative estimate of drug-likeness (QED) is 0.911. The Balaban J connectivity index is 1.84. The summed E-state index contributed by atoms with van der Waals surface area (Å²) in [6, 6.07) is 12.0. The van der Waals surface area contributed by atoms with Crippen LogP contribution in [0, 0.1) is 0 Å². The van der Waals surface area contributed by atoms with E-state index in [0.29, 0.717) is 6.61 Å². The van der Waals surface area contributed by atoms with Gasteiger partial charge in [0.15, 0.2) is 0 Å². The Labute approximate surface area is 118 Å². The summed E-state index contributed by atoms with van der Waals surface area (Å²) in [5.74, 6) is 1.87. The molecule has 0 spiro atoms. The van der Waals surface area contributed by atoms with Gasteiger partial charge in [0, 0.05) is 18.3 Å². The number of rotatable bonds is 2. The first-order valence-electron chi connectivity index (χ1n) is 6.84. The molecular formula is C16H18N2O2. The summed E-state index contributed by atoms with van der Waals surface area (Å²) in [7, 11) is 0. The maximum Gasteiger partial charge on any atom is 0.128 e. The van der Waals surface area contributed by atoms with Crippen LogP contribution in [0.25, 0.3) is 0 Å². The molecule has 4 nitrogen and oxygen atoms in total. The van der Waals surface area contributed by atoms with Crippen molar-refractivity contribution < 1.29 is 9.84 Å². The average Bonchev–Trinajstić information content (AvgIpc) is 2.69. The van der Waals surface area contributed by atoms with Crippen LogP contribution in [0.3, 0.4) is 0 Å². The molecule has 0 saturated carbocycles. The van der Waals surface area contributed by atoms with Gasteiger partial charge in [0.25, 0.3) is 0 Å². The molecule has 0 aliphatic carbocycles. The molecule has 104 valence electrons. The smallest absolute Gasteiger partial charge is 0.128 e. The molecule has 0 saturated heterocycles. The number of benzene rings is 1. The molecule has 1 aliphatic rings. The van der Waals surface area contributed by atoms with Crippen molar-refractivity contribution in [2.45, 2.75) is 19.6 Å². The highest BCUT2D eigenvalue weighted by atomic mass is 16.5. The number of nitrogens with zero attached hydrogens (tertiary/aromatic N) is 2. The van der Waals surface area contributed by atoms with E-state index < -0.39 is 6.10 Å². The normalized spacial score (nSPS) is 16.0. The van der Waals surface area contributed by atoms with Crippen molar-refractivity contribution in [3.05, 3.63) is 53.7 Å². The lowest BCUT2D eigenvalue weighted by atomic mass is 10.1. The lowest BCUT2D eigenvalue weighted by molar-refractivity contribution is 0.199. The summed E-state index contributed by atoms with van der Waals surface area (Å²) < 4.78 is 5.75. The van der Waals surface area contributed by atoms with E-state index >= 15 is 0 Å². The van der Waals surface area contributed by atoms with Crippen LogP contribution in [0.4, 0.5) is 5.82 Å². The molecule has 0 radical (unpaired) electrons. The van der Waals surface area contributed by atoms with Crippen LogP contribution < -0.4 is 9.64 Å². The lowest BCUT2D eigenvalue weighted by Crippen LogP contribution is -2.26. The molecular weight excluding hydrogens is 252 g/mol. The predicted molar refractivity (Wildman–Crippen MR) is 77.9 cm³/mol. The molecule has 4 heteroatoms. The number of pyridine rings is 1. The van der Waals surface area contributed by atoms with Crippen molar-refractivity contribution in [3.8, 4) is 5.75 Å². The summed E-state index contributed by atoms with van der Waals surface area (Å²) in [5.41, 5.74) is 2.01. The highest BCUT2D eigenvalue weighted by Crippen LogP contribution is 2.25. The first kappa shape index (κ1) is 12.9. The molecule has 0 fully saturated rings. The standard InChI is InChI=1S/C16H18N2O2/c1-12(19)13-6-7-16(17-10-13)18-8-9-20-15-5-3-2-4-14(15)11-18/h2-7,10,12,19H,8-9,11H2,1H3. The number of aromatic nitrogens is 1. The fourth-order valence-electron chi connectivity index (χ4n) is 2.35. The number of hydrogen-bond acceptors (Lipinski definition) is 4. The van der Waals surface area contributed by atoms with E-state index in [1.54, 1.807) is 13.1 Å². The van der Waals surface area contributed by atoms with E-state index in [4.69, 9.17) is 4.74 Å². The predicted octanol–water partition coefficient (Wildman–Crippen LogP) is 2.53. The zero-order valence-electron chi connectivity index (χ0n) is 11.5. The van der Waals surface area contributed by atoms with Gasteiger partial charge in [-0.1, -0.05) is 24.3 Å². The van der Waals surface area contributed by atoms with Crippen LogP contribution in [0.5, 0.6) is 5.75 Å². The number of fused-ring (bicyclic) bond motifs is 1. The average molecular weight is 270 g/mol. The summed E-state index contributed by atoms with van der Waals surface area (Å²) in [6.45, 7) is 3.98.